The monoisotopic (exact) mass is 604 g/mol. The van der Waals surface area contributed by atoms with Gasteiger partial charge in [-0.15, -0.1) is 5.10 Å². The van der Waals surface area contributed by atoms with Crippen molar-refractivity contribution < 1.29 is 23.5 Å². The van der Waals surface area contributed by atoms with Gasteiger partial charge in [0.25, 0.3) is 5.91 Å². The van der Waals surface area contributed by atoms with E-state index in [0.29, 0.717) is 34.5 Å². The minimum Gasteiger partial charge on any atom is -0.469 e. The fourth-order valence-corrected chi connectivity index (χ4v) is 4.80. The van der Waals surface area contributed by atoms with Crippen molar-refractivity contribution in [2.45, 2.75) is 31.7 Å². The van der Waals surface area contributed by atoms with Crippen LogP contribution < -0.4 is 16.2 Å². The number of amides is 2. The van der Waals surface area contributed by atoms with E-state index >= 15 is 0 Å². The number of aromatic nitrogens is 4. The van der Waals surface area contributed by atoms with Crippen molar-refractivity contribution in [3.8, 4) is 16.8 Å². The summed E-state index contributed by atoms with van der Waals surface area (Å²) >= 11 is 5.87. The van der Waals surface area contributed by atoms with E-state index in [1.807, 2.05) is 6.08 Å². The van der Waals surface area contributed by atoms with Crippen LogP contribution in [0.1, 0.15) is 47.1 Å². The smallest absolute Gasteiger partial charge is 0.309 e. The Morgan fingerprint density at radius 1 is 1.16 bits per heavy atom. The number of H-pyrrole nitrogens is 1. The van der Waals surface area contributed by atoms with Crippen LogP contribution in [0.25, 0.3) is 16.8 Å². The number of methoxy groups -OCH3 is 1. The number of fused-ring (bicyclic) bond motifs is 4. The molecule has 0 fully saturated rings. The van der Waals surface area contributed by atoms with Crippen LogP contribution >= 0.6 is 11.6 Å². The number of ether oxygens (including phenoxy) is 1. The highest BCUT2D eigenvalue weighted by Gasteiger charge is 2.21. The summed E-state index contributed by atoms with van der Waals surface area (Å²) in [6, 6.07) is 11.9. The molecule has 1 aliphatic heterocycles. The molecule has 11 nitrogen and oxygen atoms in total. The summed E-state index contributed by atoms with van der Waals surface area (Å²) in [5.41, 5.74) is 2.02. The van der Waals surface area contributed by atoms with Gasteiger partial charge in [0.1, 0.15) is 5.69 Å². The van der Waals surface area contributed by atoms with Crippen LogP contribution in [0.3, 0.4) is 0 Å². The molecule has 1 aliphatic rings. The lowest BCUT2D eigenvalue weighted by atomic mass is 9.98. The van der Waals surface area contributed by atoms with Crippen LogP contribution in [-0.4, -0.2) is 44.9 Å². The summed E-state index contributed by atoms with van der Waals surface area (Å²) in [7, 11) is 1.29. The average molecular weight is 605 g/mol. The van der Waals surface area contributed by atoms with Crippen LogP contribution in [-0.2, 0) is 20.7 Å². The summed E-state index contributed by atoms with van der Waals surface area (Å²) in [6.07, 6.45) is 5.80. The molecule has 0 radical (unpaired) electrons. The van der Waals surface area contributed by atoms with E-state index in [-0.39, 0.29) is 41.6 Å². The lowest BCUT2D eigenvalue weighted by Gasteiger charge is -2.18. The predicted octanol–water partition coefficient (Wildman–Crippen LogP) is 4.28. The molecule has 0 unspecified atom stereocenters. The van der Waals surface area contributed by atoms with Crippen molar-refractivity contribution in [3.63, 3.8) is 0 Å². The second-order valence-electron chi connectivity index (χ2n) is 9.76. The van der Waals surface area contributed by atoms with Crippen LogP contribution in [0.4, 0.5) is 10.1 Å². The molecule has 2 aromatic heterocycles. The zero-order valence-corrected chi connectivity index (χ0v) is 23.7. The van der Waals surface area contributed by atoms with Gasteiger partial charge in [0.05, 0.1) is 30.8 Å². The molecule has 2 bridgehead atoms. The summed E-state index contributed by atoms with van der Waals surface area (Å²) in [6.45, 7) is 0. The molecular weight excluding hydrogens is 579 g/mol. The molecule has 0 aliphatic carbocycles. The van der Waals surface area contributed by atoms with E-state index < -0.39 is 29.3 Å². The Kier molecular flexibility index (Phi) is 8.77. The zero-order chi connectivity index (χ0) is 30.5. The zero-order valence-electron chi connectivity index (χ0n) is 22.9. The van der Waals surface area contributed by atoms with E-state index in [2.05, 4.69) is 25.9 Å². The summed E-state index contributed by atoms with van der Waals surface area (Å²) < 4.78 is 20.4. The molecule has 2 amide bonds. The number of hydrogen-bond donors (Lipinski definition) is 3. The maximum Gasteiger partial charge on any atom is 0.309 e. The van der Waals surface area contributed by atoms with E-state index in [9.17, 15) is 23.6 Å². The molecule has 3 heterocycles. The number of pyridine rings is 1. The van der Waals surface area contributed by atoms with Gasteiger partial charge >= 0.3 is 5.97 Å². The van der Waals surface area contributed by atoms with Crippen molar-refractivity contribution in [2.75, 3.05) is 12.4 Å². The number of carbonyl (C=O) groups excluding carboxylic acids is 3. The highest BCUT2D eigenvalue weighted by Crippen LogP contribution is 2.31. The number of carbonyl (C=O) groups is 3. The first kappa shape index (κ1) is 29.4. The highest BCUT2D eigenvalue weighted by atomic mass is 35.5. The number of esters is 1. The largest absolute Gasteiger partial charge is 0.469 e. The van der Waals surface area contributed by atoms with Gasteiger partial charge in [0.15, 0.2) is 11.5 Å². The standard InChI is InChI=1S/C30H26ClFN6O5/c1-43-28(41)13-17-10-11-19-18-14-23(34-27(40)15-18)21(7-3-2-4-9-26(39)33-22(19)12-17)35-30(42)24-16-38(37-36-24)25-8-5-6-20(31)29(25)32/h2-3,5-6,8,10-12,14-16,21H,4,7,9,13H2,1H3,(H,33,39)(H,34,40)(H,35,42)/b3-2+/t21-/m0/s1. The first-order valence-corrected chi connectivity index (χ1v) is 13.7. The van der Waals surface area contributed by atoms with Gasteiger partial charge in [0, 0.05) is 29.4 Å². The Balaban J connectivity index is 1.49. The molecular formula is C30H26ClFN6O5. The highest BCUT2D eigenvalue weighted by molar-refractivity contribution is 6.30. The molecule has 1 atom stereocenters. The van der Waals surface area contributed by atoms with Gasteiger partial charge in [-0.2, -0.15) is 0 Å². The molecule has 43 heavy (non-hydrogen) atoms. The quantitative estimate of drug-likeness (QED) is 0.227. The van der Waals surface area contributed by atoms with Gasteiger partial charge < -0.3 is 20.4 Å². The number of hydrogen-bond acceptors (Lipinski definition) is 7. The summed E-state index contributed by atoms with van der Waals surface area (Å²) in [5, 5.41) is 13.4. The molecule has 5 rings (SSSR count). The van der Waals surface area contributed by atoms with Crippen LogP contribution in [0.2, 0.25) is 5.02 Å². The van der Waals surface area contributed by atoms with Gasteiger partial charge in [-0.3, -0.25) is 19.2 Å². The third-order valence-corrected chi connectivity index (χ3v) is 7.06. The predicted molar refractivity (Wildman–Crippen MR) is 156 cm³/mol. The molecule has 220 valence electrons. The second kappa shape index (κ2) is 12.8. The Labute approximate surface area is 249 Å². The van der Waals surface area contributed by atoms with Crippen molar-refractivity contribution in [1.82, 2.24) is 25.3 Å². The van der Waals surface area contributed by atoms with Crippen molar-refractivity contribution in [2.24, 2.45) is 0 Å². The SMILES string of the molecule is COC(=O)Cc1ccc2c(c1)NC(=O)CC/C=C/C[C@H](NC(=O)c1cn(-c3cccc(Cl)c3F)nn1)c1cc-2cc(=O)[nH]1. The summed E-state index contributed by atoms with van der Waals surface area (Å²) in [5.74, 6) is -1.99. The lowest BCUT2D eigenvalue weighted by molar-refractivity contribution is -0.139. The molecule has 0 saturated heterocycles. The van der Waals surface area contributed by atoms with Crippen molar-refractivity contribution >= 4 is 35.1 Å². The Hall–Kier alpha value is -5.10. The molecule has 4 aromatic rings. The number of nitrogens with zero attached hydrogens (tertiary/aromatic N) is 3. The van der Waals surface area contributed by atoms with Crippen molar-refractivity contribution in [1.29, 1.82) is 0 Å². The molecule has 2 aromatic carbocycles. The average Bonchev–Trinajstić information content (AvgIpc) is 3.47. The van der Waals surface area contributed by atoms with Crippen molar-refractivity contribution in [3.05, 3.63) is 105 Å². The number of benzene rings is 2. The lowest BCUT2D eigenvalue weighted by Crippen LogP contribution is -2.30. The van der Waals surface area contributed by atoms with Gasteiger partial charge in [0.2, 0.25) is 11.5 Å². The number of allylic oxidation sites excluding steroid dienone is 1. The third-order valence-electron chi connectivity index (χ3n) is 6.77. The molecule has 0 spiro atoms. The molecule has 13 heteroatoms. The van der Waals surface area contributed by atoms with E-state index in [0.717, 1.165) is 4.68 Å². The fraction of sp³-hybridized carbons (Fsp3) is 0.200. The minimum absolute atomic E-state index is 0.00564. The van der Waals surface area contributed by atoms with Crippen LogP contribution in [0, 0.1) is 5.82 Å². The topological polar surface area (TPSA) is 148 Å². The number of aromatic amines is 1. The van der Waals surface area contributed by atoms with Gasteiger partial charge in [-0.25, -0.2) is 9.07 Å². The van der Waals surface area contributed by atoms with E-state index in [1.54, 1.807) is 36.4 Å². The molecule has 0 saturated carbocycles. The third kappa shape index (κ3) is 6.87. The Morgan fingerprint density at radius 3 is 2.81 bits per heavy atom. The first-order chi connectivity index (χ1) is 20.7. The van der Waals surface area contributed by atoms with E-state index in [1.165, 1.54) is 31.5 Å². The number of nitrogens with one attached hydrogen (secondary N) is 3. The second-order valence-corrected chi connectivity index (χ2v) is 10.2. The van der Waals surface area contributed by atoms with E-state index in [4.69, 9.17) is 16.3 Å². The van der Waals surface area contributed by atoms with Crippen LogP contribution in [0.5, 0.6) is 0 Å². The van der Waals surface area contributed by atoms with Gasteiger partial charge in [-0.05, 0) is 48.2 Å². The fourth-order valence-electron chi connectivity index (χ4n) is 4.63. The number of rotatable bonds is 5. The van der Waals surface area contributed by atoms with Crippen LogP contribution in [0.15, 0.2) is 71.7 Å². The normalized spacial score (nSPS) is 15.6. The molecule has 3 N–H and O–H groups in total. The minimum atomic E-state index is -0.707. The van der Waals surface area contributed by atoms with Gasteiger partial charge in [-0.1, -0.05) is 47.2 Å². The first-order valence-electron chi connectivity index (χ1n) is 13.3. The number of halogens is 2. The maximum atomic E-state index is 14.5. The summed E-state index contributed by atoms with van der Waals surface area (Å²) in [4.78, 5) is 53.5. The Bertz CT molecular complexity index is 1800. The Morgan fingerprint density at radius 2 is 2.00 bits per heavy atom. The maximum absolute atomic E-state index is 14.5. The number of anilines is 1.